The minimum Gasteiger partial charge on any atom is -0.494 e. The standard InChI is InChI=1S/C35H42ClN7O9/c36-23-6-8-25(9-7-23)50-18-4-2-1-3-15-39-35(40-21-38)41-24-12-16-43(17-13-24)20-22-5-10-27(26(19-22)42-28(44)11-14-37)51-34-31(47)29(45)30(46)32(52-34)33(48)49/h5-10,12-13,16-17,19,29-32,34,45-47H,1-4,11,14-15,18,20,37H2,(H3,39,40,42,44,48,49)/p+1/t29-,30-,31+,32-,34+/m0/s1. The van der Waals surface area contributed by atoms with E-state index in [1.165, 1.54) is 6.07 Å². The number of hydrogen-bond donors (Lipinski definition) is 8. The number of aromatic nitrogens is 1. The number of carbonyl (C=O) groups is 2. The van der Waals surface area contributed by atoms with Gasteiger partial charge in [0.05, 0.1) is 18.0 Å². The van der Waals surface area contributed by atoms with Gasteiger partial charge in [-0.05, 0) is 61.7 Å². The number of carbonyl (C=O) groups excluding carboxylic acids is 1. The summed E-state index contributed by atoms with van der Waals surface area (Å²) >= 11 is 5.89. The molecule has 1 amide bonds. The molecular weight excluding hydrogens is 698 g/mol. The van der Waals surface area contributed by atoms with E-state index >= 15 is 0 Å². The number of rotatable bonds is 17. The van der Waals surface area contributed by atoms with Crippen molar-refractivity contribution in [3.8, 4) is 17.7 Å². The molecule has 1 aliphatic heterocycles. The monoisotopic (exact) mass is 740 g/mol. The summed E-state index contributed by atoms with van der Waals surface area (Å²) in [4.78, 5) is 28.5. The van der Waals surface area contributed by atoms with Gasteiger partial charge in [-0.15, -0.1) is 0 Å². The third-order valence-corrected chi connectivity index (χ3v) is 8.10. The molecule has 0 bridgehead atoms. The fraction of sp³-hybridized carbons (Fsp3) is 0.400. The second-order valence-corrected chi connectivity index (χ2v) is 12.3. The Balaban J connectivity index is 1.32. The van der Waals surface area contributed by atoms with Crippen molar-refractivity contribution in [3.05, 3.63) is 77.6 Å². The van der Waals surface area contributed by atoms with E-state index in [2.05, 4.69) is 20.9 Å². The van der Waals surface area contributed by atoms with Crippen molar-refractivity contribution in [3.63, 3.8) is 0 Å². The molecule has 0 aliphatic carbocycles. The Hall–Kier alpha value is -5.02. The summed E-state index contributed by atoms with van der Waals surface area (Å²) in [7, 11) is 0. The smallest absolute Gasteiger partial charge is 0.335 e. The van der Waals surface area contributed by atoms with Crippen LogP contribution in [0.5, 0.6) is 11.5 Å². The molecule has 9 N–H and O–H groups in total. The van der Waals surface area contributed by atoms with Crippen LogP contribution in [0.15, 0.2) is 72.0 Å². The van der Waals surface area contributed by atoms with Crippen molar-refractivity contribution in [1.82, 2.24) is 5.32 Å². The zero-order valence-corrected chi connectivity index (χ0v) is 29.0. The van der Waals surface area contributed by atoms with E-state index in [0.717, 1.165) is 37.0 Å². The maximum absolute atomic E-state index is 12.5. The predicted octanol–water partition coefficient (Wildman–Crippen LogP) is 1.71. The van der Waals surface area contributed by atoms with Crippen LogP contribution in [0.3, 0.4) is 0 Å². The molecule has 1 aliphatic rings. The summed E-state index contributed by atoms with van der Waals surface area (Å²) in [5, 5.41) is 58.2. The fourth-order valence-electron chi connectivity index (χ4n) is 5.13. The van der Waals surface area contributed by atoms with Gasteiger partial charge < -0.3 is 51.0 Å². The summed E-state index contributed by atoms with van der Waals surface area (Å²) in [5.41, 5.74) is 7.13. The lowest BCUT2D eigenvalue weighted by molar-refractivity contribution is -0.688. The number of nitrogens with two attached hydrogens (primary N) is 1. The van der Waals surface area contributed by atoms with Crippen LogP contribution in [0.2, 0.25) is 5.02 Å². The molecule has 4 rings (SSSR count). The number of nitrogens with one attached hydrogen (secondary N) is 3. The Kier molecular flexibility index (Phi) is 15.4. The van der Waals surface area contributed by atoms with E-state index in [-0.39, 0.29) is 24.4 Å². The lowest BCUT2D eigenvalue weighted by Gasteiger charge is -2.38. The van der Waals surface area contributed by atoms with Gasteiger partial charge in [0.2, 0.25) is 18.2 Å². The first kappa shape index (κ1) is 39.8. The van der Waals surface area contributed by atoms with Crippen molar-refractivity contribution in [2.75, 3.05) is 30.3 Å². The molecule has 52 heavy (non-hydrogen) atoms. The highest BCUT2D eigenvalue weighted by atomic mass is 35.5. The van der Waals surface area contributed by atoms with E-state index in [4.69, 9.17) is 31.5 Å². The third kappa shape index (κ3) is 12.0. The fourth-order valence-corrected chi connectivity index (χ4v) is 5.26. The van der Waals surface area contributed by atoms with Crippen molar-refractivity contribution < 1.29 is 48.8 Å². The minimum absolute atomic E-state index is 0.00857. The first-order chi connectivity index (χ1) is 25.1. The summed E-state index contributed by atoms with van der Waals surface area (Å²) in [5.74, 6) is -0.838. The predicted molar refractivity (Wildman–Crippen MR) is 190 cm³/mol. The highest BCUT2D eigenvalue weighted by molar-refractivity contribution is 6.30. The second-order valence-electron chi connectivity index (χ2n) is 11.8. The van der Waals surface area contributed by atoms with Crippen LogP contribution in [-0.4, -0.2) is 88.7 Å². The number of carboxylic acid groups (broad SMARTS) is 1. The number of aliphatic carboxylic acids is 1. The summed E-state index contributed by atoms with van der Waals surface area (Å²) < 4.78 is 18.5. The normalized spacial score (nSPS) is 20.0. The average molecular weight is 741 g/mol. The van der Waals surface area contributed by atoms with E-state index in [1.807, 2.05) is 22.9 Å². The maximum atomic E-state index is 12.5. The quantitative estimate of drug-likeness (QED) is 0.0246. The van der Waals surface area contributed by atoms with E-state index in [0.29, 0.717) is 36.4 Å². The van der Waals surface area contributed by atoms with Crippen LogP contribution in [0.25, 0.3) is 0 Å². The number of guanidine groups is 1. The number of hydrogen-bond acceptors (Lipinski definition) is 11. The van der Waals surface area contributed by atoms with Crippen LogP contribution in [0.1, 0.15) is 37.7 Å². The Morgan fingerprint density at radius 3 is 2.40 bits per heavy atom. The first-order valence-corrected chi connectivity index (χ1v) is 17.0. The highest BCUT2D eigenvalue weighted by Crippen LogP contribution is 2.31. The number of carboxylic acids is 1. The number of amides is 1. The van der Waals surface area contributed by atoms with Crippen molar-refractivity contribution in [1.29, 1.82) is 5.26 Å². The summed E-state index contributed by atoms with van der Waals surface area (Å²) in [6, 6.07) is 15.7. The zero-order chi connectivity index (χ0) is 37.5. The van der Waals surface area contributed by atoms with Gasteiger partial charge in [-0.1, -0.05) is 18.0 Å². The number of halogens is 1. The van der Waals surface area contributed by atoms with Gasteiger partial charge in [-0.2, -0.15) is 5.26 Å². The average Bonchev–Trinajstić information content (AvgIpc) is 3.12. The van der Waals surface area contributed by atoms with Gasteiger partial charge in [-0.3, -0.25) is 15.1 Å². The zero-order valence-electron chi connectivity index (χ0n) is 28.2. The molecule has 0 radical (unpaired) electrons. The molecule has 2 heterocycles. The van der Waals surface area contributed by atoms with E-state index in [1.54, 1.807) is 48.8 Å². The molecule has 5 atom stereocenters. The summed E-state index contributed by atoms with van der Waals surface area (Å²) in [6.07, 6.45) is 0.162. The Bertz CT molecular complexity index is 1690. The van der Waals surface area contributed by atoms with Crippen LogP contribution in [-0.2, 0) is 20.9 Å². The van der Waals surface area contributed by atoms with Crippen LogP contribution in [0, 0.1) is 11.5 Å². The topological polar surface area (TPSA) is 245 Å². The molecule has 2 aromatic carbocycles. The lowest BCUT2D eigenvalue weighted by atomic mass is 9.99. The van der Waals surface area contributed by atoms with Crippen molar-refractivity contribution >= 4 is 40.8 Å². The molecule has 0 unspecified atom stereocenters. The number of aliphatic imine (C=N–C) groups is 1. The molecule has 1 saturated heterocycles. The van der Waals surface area contributed by atoms with Gasteiger partial charge in [0.1, 0.15) is 29.8 Å². The van der Waals surface area contributed by atoms with E-state index in [9.17, 15) is 35.3 Å². The number of nitriles is 1. The highest BCUT2D eigenvalue weighted by Gasteiger charge is 2.48. The van der Waals surface area contributed by atoms with Gasteiger partial charge in [0, 0.05) is 42.2 Å². The molecule has 1 fully saturated rings. The molecular formula is C35H43ClN7O9+. The molecule has 16 nitrogen and oxygen atoms in total. The van der Waals surface area contributed by atoms with E-state index < -0.39 is 42.6 Å². The molecule has 0 saturated carbocycles. The number of benzene rings is 2. The Labute approximate surface area is 305 Å². The molecule has 17 heteroatoms. The first-order valence-electron chi connectivity index (χ1n) is 16.6. The molecule has 3 aromatic rings. The molecule has 278 valence electrons. The number of aliphatic hydroxyl groups is 3. The largest absolute Gasteiger partial charge is 0.494 e. The third-order valence-electron chi connectivity index (χ3n) is 7.84. The maximum Gasteiger partial charge on any atom is 0.335 e. The van der Waals surface area contributed by atoms with Gasteiger partial charge >= 0.3 is 5.97 Å². The number of unbranched alkanes of at least 4 members (excludes halogenated alkanes) is 3. The molecule has 0 spiro atoms. The minimum atomic E-state index is -1.88. The van der Waals surface area contributed by atoms with Gasteiger partial charge in [-0.25, -0.2) is 9.36 Å². The second kappa shape index (κ2) is 20.1. The van der Waals surface area contributed by atoms with Crippen molar-refractivity contribution in [2.24, 2.45) is 10.7 Å². The number of nitrogens with zero attached hydrogens (tertiary/aromatic N) is 3. The lowest BCUT2D eigenvalue weighted by Crippen LogP contribution is -2.61. The number of anilines is 2. The van der Waals surface area contributed by atoms with Crippen LogP contribution < -0.4 is 35.7 Å². The SMILES string of the molecule is N#CNC(=NCCCCCCOc1ccc(Cl)cc1)Nc1cc[n+](Cc2ccc(O[C@@H]3O[C@H](C(=O)O)[C@@H](O)[C@H](O)[C@H]3O)c(NC(=O)CCN)c2)cc1. The molecule has 1 aromatic heterocycles. The Morgan fingerprint density at radius 1 is 0.981 bits per heavy atom. The van der Waals surface area contributed by atoms with Crippen molar-refractivity contribution in [2.45, 2.75) is 69.4 Å². The van der Waals surface area contributed by atoms with Gasteiger partial charge in [0.25, 0.3) is 0 Å². The summed E-state index contributed by atoms with van der Waals surface area (Å²) in [6.45, 7) is 1.59. The number of aliphatic hydroxyl groups excluding tert-OH is 3. The van der Waals surface area contributed by atoms with Crippen LogP contribution in [0.4, 0.5) is 11.4 Å². The number of ether oxygens (including phenoxy) is 3. The number of pyridine rings is 1. The Morgan fingerprint density at radius 2 is 1.71 bits per heavy atom. The van der Waals surface area contributed by atoms with Gasteiger partial charge in [0.15, 0.2) is 31.2 Å². The van der Waals surface area contributed by atoms with Crippen LogP contribution >= 0.6 is 11.6 Å².